The second-order valence-electron chi connectivity index (χ2n) is 4.97. The van der Waals surface area contributed by atoms with E-state index in [-0.39, 0.29) is 10.9 Å². The minimum atomic E-state index is -3.37. The molecule has 0 radical (unpaired) electrons. The molecule has 0 saturated heterocycles. The van der Waals surface area contributed by atoms with Gasteiger partial charge in [-0.3, -0.25) is 0 Å². The summed E-state index contributed by atoms with van der Waals surface area (Å²) in [6.07, 6.45) is 0.914. The number of rotatable bonds is 6. The van der Waals surface area contributed by atoms with Gasteiger partial charge in [0.1, 0.15) is 0 Å². The van der Waals surface area contributed by atoms with Gasteiger partial charge in [0, 0.05) is 11.7 Å². The van der Waals surface area contributed by atoms with E-state index in [1.54, 1.807) is 24.3 Å². The van der Waals surface area contributed by atoms with E-state index in [0.29, 0.717) is 0 Å². The van der Waals surface area contributed by atoms with Crippen LogP contribution in [0.5, 0.6) is 0 Å². The van der Waals surface area contributed by atoms with Crippen LogP contribution < -0.4 is 10.0 Å². The van der Waals surface area contributed by atoms with Crippen LogP contribution in [0.15, 0.2) is 59.5 Å². The molecule has 2 aromatic rings. The molecule has 2 aromatic carbocycles. The average Bonchev–Trinajstić information content (AvgIpc) is 2.48. The van der Waals surface area contributed by atoms with Crippen molar-refractivity contribution in [2.24, 2.45) is 0 Å². The lowest BCUT2D eigenvalue weighted by atomic mass is 10.1. The highest BCUT2D eigenvalue weighted by Gasteiger charge is 2.11. The molecule has 2 N–H and O–H groups in total. The summed E-state index contributed by atoms with van der Waals surface area (Å²) in [4.78, 5) is 0.270. The lowest BCUT2D eigenvalue weighted by molar-refractivity contribution is 0.588. The minimum absolute atomic E-state index is 0.263. The number of sulfonamides is 1. The van der Waals surface area contributed by atoms with Gasteiger partial charge in [0.2, 0.25) is 10.0 Å². The molecule has 0 amide bonds. The highest BCUT2D eigenvalue weighted by Crippen LogP contribution is 2.15. The Morgan fingerprint density at radius 3 is 2.19 bits per heavy atom. The maximum Gasteiger partial charge on any atom is 0.240 e. The Hall–Kier alpha value is -1.85. The SMILES string of the molecule is CNS(=O)(=O)c1ccc(NC(C)Cc2ccccc2)cc1. The molecule has 0 aromatic heterocycles. The van der Waals surface area contributed by atoms with Crippen LogP contribution in [0.1, 0.15) is 12.5 Å². The molecule has 1 atom stereocenters. The third-order valence-corrected chi connectivity index (χ3v) is 4.66. The zero-order chi connectivity index (χ0) is 15.3. The van der Waals surface area contributed by atoms with E-state index < -0.39 is 10.0 Å². The molecule has 2 rings (SSSR count). The average molecular weight is 304 g/mol. The van der Waals surface area contributed by atoms with Gasteiger partial charge in [-0.1, -0.05) is 30.3 Å². The molecule has 0 spiro atoms. The van der Waals surface area contributed by atoms with Crippen LogP contribution >= 0.6 is 0 Å². The van der Waals surface area contributed by atoms with Gasteiger partial charge in [-0.15, -0.1) is 0 Å². The lowest BCUT2D eigenvalue weighted by Gasteiger charge is -2.15. The molecule has 1 unspecified atom stereocenters. The molecule has 0 saturated carbocycles. The molecule has 0 aliphatic carbocycles. The topological polar surface area (TPSA) is 58.2 Å². The maximum absolute atomic E-state index is 11.6. The van der Waals surface area contributed by atoms with Crippen LogP contribution in [0.3, 0.4) is 0 Å². The Morgan fingerprint density at radius 1 is 1.00 bits per heavy atom. The first-order chi connectivity index (χ1) is 10.0. The number of hydrogen-bond donors (Lipinski definition) is 2. The maximum atomic E-state index is 11.6. The summed E-state index contributed by atoms with van der Waals surface area (Å²) in [5.74, 6) is 0. The number of hydrogen-bond acceptors (Lipinski definition) is 3. The fourth-order valence-electron chi connectivity index (χ4n) is 2.15. The second-order valence-corrected chi connectivity index (χ2v) is 6.85. The van der Waals surface area contributed by atoms with Crippen LogP contribution in [0.25, 0.3) is 0 Å². The van der Waals surface area contributed by atoms with Crippen molar-refractivity contribution in [2.45, 2.75) is 24.3 Å². The smallest absolute Gasteiger partial charge is 0.240 e. The van der Waals surface area contributed by atoms with Gasteiger partial charge in [-0.05, 0) is 50.2 Å². The van der Waals surface area contributed by atoms with Crippen molar-refractivity contribution >= 4 is 15.7 Å². The molecule has 0 bridgehead atoms. The summed E-state index contributed by atoms with van der Waals surface area (Å²) in [5.41, 5.74) is 2.18. The van der Waals surface area contributed by atoms with Crippen molar-refractivity contribution in [3.8, 4) is 0 Å². The van der Waals surface area contributed by atoms with E-state index in [2.05, 4.69) is 29.1 Å². The van der Waals surface area contributed by atoms with E-state index in [0.717, 1.165) is 12.1 Å². The third-order valence-electron chi connectivity index (χ3n) is 3.23. The van der Waals surface area contributed by atoms with E-state index in [9.17, 15) is 8.42 Å². The fourth-order valence-corrected chi connectivity index (χ4v) is 2.88. The van der Waals surface area contributed by atoms with Crippen LogP contribution in [0, 0.1) is 0 Å². The van der Waals surface area contributed by atoms with Gasteiger partial charge in [0.15, 0.2) is 0 Å². The monoisotopic (exact) mass is 304 g/mol. The van der Waals surface area contributed by atoms with Gasteiger partial charge in [0.25, 0.3) is 0 Å². The predicted octanol–water partition coefficient (Wildman–Crippen LogP) is 2.64. The quantitative estimate of drug-likeness (QED) is 0.862. The lowest BCUT2D eigenvalue weighted by Crippen LogP contribution is -2.19. The van der Waals surface area contributed by atoms with Gasteiger partial charge in [-0.25, -0.2) is 13.1 Å². The molecule has 4 nitrogen and oxygen atoms in total. The highest BCUT2D eigenvalue weighted by molar-refractivity contribution is 7.89. The summed E-state index contributed by atoms with van der Waals surface area (Å²) in [7, 11) is -1.96. The Kier molecular flexibility index (Phi) is 4.98. The normalized spacial score (nSPS) is 12.9. The van der Waals surface area contributed by atoms with Crippen LogP contribution in [0.2, 0.25) is 0 Å². The van der Waals surface area contributed by atoms with Crippen molar-refractivity contribution in [1.82, 2.24) is 4.72 Å². The first kappa shape index (κ1) is 15.5. The van der Waals surface area contributed by atoms with E-state index in [1.807, 2.05) is 18.2 Å². The van der Waals surface area contributed by atoms with Crippen LogP contribution in [-0.4, -0.2) is 21.5 Å². The van der Waals surface area contributed by atoms with Crippen molar-refractivity contribution in [3.63, 3.8) is 0 Å². The largest absolute Gasteiger partial charge is 0.382 e. The third kappa shape index (κ3) is 4.31. The summed E-state index contributed by atoms with van der Waals surface area (Å²) in [6.45, 7) is 2.10. The molecule has 21 heavy (non-hydrogen) atoms. The predicted molar refractivity (Wildman–Crippen MR) is 85.9 cm³/mol. The standard InChI is InChI=1S/C16H20N2O2S/c1-13(12-14-6-4-3-5-7-14)18-15-8-10-16(11-9-15)21(19,20)17-2/h3-11,13,17-18H,12H2,1-2H3. The first-order valence-corrected chi connectivity index (χ1v) is 8.33. The summed E-state index contributed by atoms with van der Waals surface area (Å²) in [6, 6.07) is 17.3. The Bertz CT molecular complexity index is 667. The molecule has 0 aliphatic rings. The summed E-state index contributed by atoms with van der Waals surface area (Å²) < 4.78 is 25.6. The number of benzene rings is 2. The second kappa shape index (κ2) is 6.74. The van der Waals surface area contributed by atoms with E-state index >= 15 is 0 Å². The Balaban J connectivity index is 2.00. The molecular formula is C16H20N2O2S. The molecule has 0 fully saturated rings. The van der Waals surface area contributed by atoms with Crippen LogP contribution in [-0.2, 0) is 16.4 Å². The highest BCUT2D eigenvalue weighted by atomic mass is 32.2. The number of nitrogens with one attached hydrogen (secondary N) is 2. The zero-order valence-corrected chi connectivity index (χ0v) is 13.0. The van der Waals surface area contributed by atoms with Crippen molar-refractivity contribution in [1.29, 1.82) is 0 Å². The van der Waals surface area contributed by atoms with Crippen molar-refractivity contribution in [2.75, 3.05) is 12.4 Å². The molecular weight excluding hydrogens is 284 g/mol. The molecule has 112 valence electrons. The van der Waals surface area contributed by atoms with Crippen molar-refractivity contribution in [3.05, 3.63) is 60.2 Å². The Labute approximate surface area is 126 Å². The van der Waals surface area contributed by atoms with Crippen LogP contribution in [0.4, 0.5) is 5.69 Å². The van der Waals surface area contributed by atoms with Gasteiger partial charge in [-0.2, -0.15) is 0 Å². The van der Waals surface area contributed by atoms with E-state index in [4.69, 9.17) is 0 Å². The van der Waals surface area contributed by atoms with Gasteiger partial charge in [0.05, 0.1) is 4.90 Å². The van der Waals surface area contributed by atoms with E-state index in [1.165, 1.54) is 12.6 Å². The zero-order valence-electron chi connectivity index (χ0n) is 12.2. The molecule has 5 heteroatoms. The summed E-state index contributed by atoms with van der Waals surface area (Å²) >= 11 is 0. The van der Waals surface area contributed by atoms with Gasteiger partial charge >= 0.3 is 0 Å². The first-order valence-electron chi connectivity index (χ1n) is 6.85. The molecule has 0 aliphatic heterocycles. The fraction of sp³-hybridized carbons (Fsp3) is 0.250. The van der Waals surface area contributed by atoms with Crippen molar-refractivity contribution < 1.29 is 8.42 Å². The number of anilines is 1. The van der Waals surface area contributed by atoms with Gasteiger partial charge < -0.3 is 5.32 Å². The summed E-state index contributed by atoms with van der Waals surface area (Å²) in [5, 5.41) is 3.37. The molecule has 0 heterocycles. The Morgan fingerprint density at radius 2 is 1.62 bits per heavy atom. The minimum Gasteiger partial charge on any atom is -0.382 e.